The molecule has 7 nitrogen and oxygen atoms in total. The molecule has 0 aromatic heterocycles. The number of cyclic esters (lactones) is 2. The highest BCUT2D eigenvalue weighted by Gasteiger charge is 2.21. The van der Waals surface area contributed by atoms with Crippen molar-refractivity contribution in [2.45, 2.75) is 46.5 Å². The minimum Gasteiger partial charge on any atom is -0.434 e. The summed E-state index contributed by atoms with van der Waals surface area (Å²) in [6, 6.07) is 11.4. The molecule has 2 aromatic carbocycles. The topological polar surface area (TPSA) is 88.1 Å². The van der Waals surface area contributed by atoms with E-state index in [1.165, 1.54) is 0 Å². The summed E-state index contributed by atoms with van der Waals surface area (Å²) in [5.41, 5.74) is 4.33. The zero-order chi connectivity index (χ0) is 26.2. The lowest BCUT2D eigenvalue weighted by Gasteiger charge is -2.21. The first-order valence-corrected chi connectivity index (χ1v) is 12.0. The van der Waals surface area contributed by atoms with Gasteiger partial charge < -0.3 is 18.9 Å². The smallest absolute Gasteiger partial charge is 0.434 e. The maximum atomic E-state index is 12.2. The van der Waals surface area contributed by atoms with E-state index in [4.69, 9.17) is 18.9 Å². The van der Waals surface area contributed by atoms with Crippen LogP contribution >= 0.6 is 0 Å². The number of rotatable bonds is 10. The molecule has 1 fully saturated rings. The van der Waals surface area contributed by atoms with E-state index < -0.39 is 18.1 Å². The van der Waals surface area contributed by atoms with Crippen LogP contribution in [0, 0.1) is 5.92 Å². The Kier molecular flexibility index (Phi) is 9.06. The van der Waals surface area contributed by atoms with Crippen LogP contribution < -0.4 is 9.47 Å². The van der Waals surface area contributed by atoms with Crippen molar-refractivity contribution in [3.05, 3.63) is 71.8 Å². The molecular weight excluding hydrogens is 460 g/mol. The van der Waals surface area contributed by atoms with E-state index in [9.17, 15) is 14.4 Å². The number of ether oxygens (including phenoxy) is 4. The minimum absolute atomic E-state index is 0.133. The van der Waals surface area contributed by atoms with Crippen molar-refractivity contribution < 1.29 is 33.3 Å². The zero-order valence-electron chi connectivity index (χ0n) is 21.1. The van der Waals surface area contributed by atoms with Gasteiger partial charge in [0.05, 0.1) is 0 Å². The van der Waals surface area contributed by atoms with Crippen molar-refractivity contribution >= 4 is 18.1 Å². The van der Waals surface area contributed by atoms with Crippen LogP contribution in [0.25, 0.3) is 11.1 Å². The second kappa shape index (κ2) is 12.2. The van der Waals surface area contributed by atoms with Gasteiger partial charge in [0, 0.05) is 17.1 Å². The van der Waals surface area contributed by atoms with Gasteiger partial charge in [0.1, 0.15) is 24.7 Å². The molecule has 0 atom stereocenters. The van der Waals surface area contributed by atoms with Crippen LogP contribution in [0.2, 0.25) is 0 Å². The Hall–Kier alpha value is -3.87. The van der Waals surface area contributed by atoms with Crippen LogP contribution in [0.5, 0.6) is 11.5 Å². The molecule has 0 saturated carbocycles. The molecule has 7 heteroatoms. The molecule has 0 spiro atoms. The summed E-state index contributed by atoms with van der Waals surface area (Å²) in [5.74, 6) is 0.196. The Bertz CT molecular complexity index is 1170. The van der Waals surface area contributed by atoms with E-state index in [1.807, 2.05) is 31.2 Å². The van der Waals surface area contributed by atoms with Gasteiger partial charge in [-0.3, -0.25) is 0 Å². The molecule has 1 heterocycles. The summed E-state index contributed by atoms with van der Waals surface area (Å²) >= 11 is 0. The van der Waals surface area contributed by atoms with Gasteiger partial charge in [0.2, 0.25) is 0 Å². The summed E-state index contributed by atoms with van der Waals surface area (Å²) in [6.07, 6.45) is 2.31. The van der Waals surface area contributed by atoms with E-state index >= 15 is 0 Å². The lowest BCUT2D eigenvalue weighted by Crippen LogP contribution is -2.27. The van der Waals surface area contributed by atoms with Gasteiger partial charge in [-0.1, -0.05) is 32.2 Å². The van der Waals surface area contributed by atoms with Gasteiger partial charge in [-0.15, -0.1) is 0 Å². The van der Waals surface area contributed by atoms with Crippen molar-refractivity contribution in [2.24, 2.45) is 5.92 Å². The molecule has 0 amide bonds. The Labute approximate surface area is 211 Å². The van der Waals surface area contributed by atoms with Crippen molar-refractivity contribution in [1.29, 1.82) is 0 Å². The van der Waals surface area contributed by atoms with Crippen LogP contribution in [0.3, 0.4) is 0 Å². The van der Waals surface area contributed by atoms with Gasteiger partial charge in [0.25, 0.3) is 0 Å². The third kappa shape index (κ3) is 7.07. The molecule has 3 rings (SSSR count). The summed E-state index contributed by atoms with van der Waals surface area (Å²) in [5, 5.41) is 0. The van der Waals surface area contributed by atoms with Gasteiger partial charge in [-0.05, 0) is 86.1 Å². The lowest BCUT2D eigenvalue weighted by atomic mass is 9.95. The molecule has 190 valence electrons. The van der Waals surface area contributed by atoms with Gasteiger partial charge >= 0.3 is 18.1 Å². The van der Waals surface area contributed by atoms with E-state index in [0.29, 0.717) is 48.7 Å². The molecule has 0 N–H and O–H groups in total. The summed E-state index contributed by atoms with van der Waals surface area (Å²) < 4.78 is 21.0. The maximum Gasteiger partial charge on any atom is 0.508 e. The third-order valence-electron chi connectivity index (χ3n) is 5.87. The lowest BCUT2D eigenvalue weighted by molar-refractivity contribution is -0.131. The van der Waals surface area contributed by atoms with Crippen molar-refractivity contribution in [1.82, 2.24) is 0 Å². The summed E-state index contributed by atoms with van der Waals surface area (Å²) in [4.78, 5) is 35.3. The van der Waals surface area contributed by atoms with Gasteiger partial charge in [0.15, 0.2) is 0 Å². The fraction of sp³-hybridized carbons (Fsp3) is 0.345. The number of carbonyl (C=O) groups is 3. The number of hydrogen-bond donors (Lipinski definition) is 0. The average molecular weight is 493 g/mol. The predicted octanol–water partition coefficient (Wildman–Crippen LogP) is 5.98. The van der Waals surface area contributed by atoms with E-state index in [1.54, 1.807) is 26.0 Å². The van der Waals surface area contributed by atoms with E-state index in [2.05, 4.69) is 13.2 Å². The number of hydrogen-bond acceptors (Lipinski definition) is 7. The molecule has 0 bridgehead atoms. The number of aryl methyl sites for hydroxylation is 2. The highest BCUT2D eigenvalue weighted by Crippen LogP contribution is 2.32. The Morgan fingerprint density at radius 1 is 0.889 bits per heavy atom. The van der Waals surface area contributed by atoms with E-state index in [0.717, 1.165) is 35.1 Å². The van der Waals surface area contributed by atoms with Gasteiger partial charge in [-0.25, -0.2) is 14.4 Å². The first-order valence-electron chi connectivity index (χ1n) is 12.0. The standard InChI is InChI=1S/C29H32O7/c1-6-21-14-22(10-12-25(21)35-27(30)18(2)3)23-11-13-26(36-28(31)19(4)5)24(15-23)9-7-8-20-16-33-29(32)34-17-20/h10-15,20H,2,4,6-9,16-17H2,1,3,5H3. The fourth-order valence-corrected chi connectivity index (χ4v) is 3.77. The highest BCUT2D eigenvalue weighted by atomic mass is 16.7. The SMILES string of the molecule is C=C(C)C(=O)Oc1ccc(-c2ccc(OC(=O)C(=C)C)c(CCCC3COC(=O)OC3)c2)cc1CC. The molecule has 1 aliphatic heterocycles. The van der Waals surface area contributed by atoms with Crippen LogP contribution in [0.4, 0.5) is 4.79 Å². The normalized spacial score (nSPS) is 13.4. The first kappa shape index (κ1) is 26.7. The molecule has 1 aliphatic rings. The molecule has 0 aliphatic carbocycles. The Morgan fingerprint density at radius 2 is 1.39 bits per heavy atom. The predicted molar refractivity (Wildman–Crippen MR) is 136 cm³/mol. The first-order chi connectivity index (χ1) is 17.2. The average Bonchev–Trinajstić information content (AvgIpc) is 2.86. The zero-order valence-corrected chi connectivity index (χ0v) is 21.1. The monoisotopic (exact) mass is 492 g/mol. The van der Waals surface area contributed by atoms with Crippen LogP contribution in [-0.2, 0) is 31.9 Å². The van der Waals surface area contributed by atoms with Crippen LogP contribution in [0.15, 0.2) is 60.7 Å². The quantitative estimate of drug-likeness (QED) is 0.229. The number of benzene rings is 2. The van der Waals surface area contributed by atoms with Crippen molar-refractivity contribution in [3.63, 3.8) is 0 Å². The van der Waals surface area contributed by atoms with E-state index in [-0.39, 0.29) is 5.92 Å². The number of esters is 2. The van der Waals surface area contributed by atoms with Crippen molar-refractivity contribution in [3.8, 4) is 22.6 Å². The molecular formula is C29H32O7. The van der Waals surface area contributed by atoms with Crippen LogP contribution in [-0.4, -0.2) is 31.3 Å². The molecule has 1 saturated heterocycles. The molecule has 2 aromatic rings. The Morgan fingerprint density at radius 3 is 1.89 bits per heavy atom. The second-order valence-electron chi connectivity index (χ2n) is 8.97. The minimum atomic E-state index is -0.625. The summed E-state index contributed by atoms with van der Waals surface area (Å²) in [7, 11) is 0. The maximum absolute atomic E-state index is 12.2. The molecule has 36 heavy (non-hydrogen) atoms. The van der Waals surface area contributed by atoms with Gasteiger partial charge in [-0.2, -0.15) is 0 Å². The third-order valence-corrected chi connectivity index (χ3v) is 5.87. The Balaban J connectivity index is 1.83. The highest BCUT2D eigenvalue weighted by molar-refractivity contribution is 5.89. The molecule has 0 radical (unpaired) electrons. The number of carbonyl (C=O) groups excluding carboxylic acids is 3. The fourth-order valence-electron chi connectivity index (χ4n) is 3.77. The van der Waals surface area contributed by atoms with Crippen LogP contribution in [0.1, 0.15) is 44.7 Å². The van der Waals surface area contributed by atoms with Crippen molar-refractivity contribution in [2.75, 3.05) is 13.2 Å². The second-order valence-corrected chi connectivity index (χ2v) is 8.97. The summed E-state index contributed by atoms with van der Waals surface area (Å²) in [6.45, 7) is 13.2. The largest absolute Gasteiger partial charge is 0.508 e. The molecule has 0 unspecified atom stereocenters.